The number of nitrogens with two attached hydrogens (primary N) is 1. The van der Waals surface area contributed by atoms with Crippen LogP contribution in [-0.4, -0.2) is 21.4 Å². The molecule has 6 nitrogen and oxygen atoms in total. The molecule has 8 heteroatoms. The van der Waals surface area contributed by atoms with Crippen molar-refractivity contribution < 1.29 is 17.9 Å². The van der Waals surface area contributed by atoms with Gasteiger partial charge in [0, 0.05) is 11.6 Å². The van der Waals surface area contributed by atoms with Gasteiger partial charge in [-0.15, -0.1) is 0 Å². The molecule has 0 radical (unpaired) electrons. The molecule has 3 N–H and O–H groups in total. The number of methoxy groups -OCH3 is 1. The summed E-state index contributed by atoms with van der Waals surface area (Å²) < 4.78 is 33.5. The number of sulfonamides is 1. The van der Waals surface area contributed by atoms with Gasteiger partial charge < -0.3 is 10.5 Å². The molecule has 0 bridgehead atoms. The molecule has 0 saturated heterocycles. The summed E-state index contributed by atoms with van der Waals surface area (Å²) >= 11 is 3.37. The molecular formula is C16H17BrN2O4S. The molecule has 2 rings (SSSR count). The van der Waals surface area contributed by atoms with E-state index in [1.807, 2.05) is 0 Å². The maximum Gasteiger partial charge on any atom is 0.248 e. The number of benzene rings is 2. The van der Waals surface area contributed by atoms with Crippen molar-refractivity contribution in [2.75, 3.05) is 7.11 Å². The Morgan fingerprint density at radius 1 is 1.25 bits per heavy atom. The second kappa shape index (κ2) is 7.33. The first-order valence-electron chi connectivity index (χ1n) is 7.00. The number of rotatable bonds is 6. The van der Waals surface area contributed by atoms with Gasteiger partial charge in [-0.05, 0) is 58.7 Å². The van der Waals surface area contributed by atoms with Crippen molar-refractivity contribution in [1.82, 2.24) is 4.72 Å². The third kappa shape index (κ3) is 4.14. The van der Waals surface area contributed by atoms with E-state index in [4.69, 9.17) is 10.5 Å². The molecule has 0 aliphatic heterocycles. The summed E-state index contributed by atoms with van der Waals surface area (Å²) in [5.41, 5.74) is 6.09. The molecule has 1 amide bonds. The van der Waals surface area contributed by atoms with E-state index in [1.165, 1.54) is 24.3 Å². The van der Waals surface area contributed by atoms with Gasteiger partial charge in [0.05, 0.1) is 16.5 Å². The Kier molecular flexibility index (Phi) is 5.63. The van der Waals surface area contributed by atoms with E-state index in [2.05, 4.69) is 20.7 Å². The first-order chi connectivity index (χ1) is 11.2. The minimum absolute atomic E-state index is 0.0155. The minimum atomic E-state index is -3.80. The number of carbonyl (C=O) groups excluding carboxylic acids is 1. The van der Waals surface area contributed by atoms with Gasteiger partial charge in [-0.1, -0.05) is 12.1 Å². The number of primary amides is 1. The van der Waals surface area contributed by atoms with Crippen molar-refractivity contribution in [3.63, 3.8) is 0 Å². The third-order valence-electron chi connectivity index (χ3n) is 3.44. The Hall–Kier alpha value is -1.90. The number of nitrogens with one attached hydrogen (secondary N) is 1. The number of hydrogen-bond acceptors (Lipinski definition) is 4. The molecule has 2 aromatic rings. The van der Waals surface area contributed by atoms with Gasteiger partial charge in [0.15, 0.2) is 0 Å². The summed E-state index contributed by atoms with van der Waals surface area (Å²) in [4.78, 5) is 11.2. The van der Waals surface area contributed by atoms with Crippen LogP contribution in [-0.2, 0) is 10.0 Å². The lowest BCUT2D eigenvalue weighted by Gasteiger charge is -2.16. The fraction of sp³-hybridized carbons (Fsp3) is 0.188. The fourth-order valence-corrected chi connectivity index (χ4v) is 3.97. The first kappa shape index (κ1) is 18.4. The second-order valence-corrected chi connectivity index (χ2v) is 7.70. The Morgan fingerprint density at radius 3 is 2.54 bits per heavy atom. The van der Waals surface area contributed by atoms with E-state index in [-0.39, 0.29) is 10.5 Å². The van der Waals surface area contributed by atoms with Gasteiger partial charge in [0.1, 0.15) is 5.75 Å². The highest BCUT2D eigenvalue weighted by atomic mass is 79.9. The number of carbonyl (C=O) groups is 1. The molecule has 2 aromatic carbocycles. The second-order valence-electron chi connectivity index (χ2n) is 5.13. The van der Waals surface area contributed by atoms with Crippen molar-refractivity contribution in [1.29, 1.82) is 0 Å². The van der Waals surface area contributed by atoms with Crippen molar-refractivity contribution in [3.8, 4) is 5.75 Å². The van der Waals surface area contributed by atoms with Gasteiger partial charge in [0.25, 0.3) is 0 Å². The summed E-state index contributed by atoms with van der Waals surface area (Å²) in [6.07, 6.45) is 0. The fourth-order valence-electron chi connectivity index (χ4n) is 2.14. The molecule has 1 unspecified atom stereocenters. The lowest BCUT2D eigenvalue weighted by molar-refractivity contribution is 0.1000. The van der Waals surface area contributed by atoms with Crippen LogP contribution in [0.2, 0.25) is 0 Å². The van der Waals surface area contributed by atoms with Crippen molar-refractivity contribution in [2.24, 2.45) is 5.73 Å². The number of ether oxygens (including phenoxy) is 1. The topological polar surface area (TPSA) is 98.5 Å². The summed E-state index contributed by atoms with van der Waals surface area (Å²) in [5.74, 6) is -0.0258. The highest BCUT2D eigenvalue weighted by Gasteiger charge is 2.20. The van der Waals surface area contributed by atoms with E-state index < -0.39 is 22.0 Å². The molecule has 0 aromatic heterocycles. The number of hydrogen-bond donors (Lipinski definition) is 2. The van der Waals surface area contributed by atoms with Crippen LogP contribution in [0, 0.1) is 0 Å². The quantitative estimate of drug-likeness (QED) is 0.761. The smallest absolute Gasteiger partial charge is 0.248 e. The van der Waals surface area contributed by atoms with Crippen LogP contribution in [0.25, 0.3) is 0 Å². The Morgan fingerprint density at radius 2 is 1.96 bits per heavy atom. The molecule has 1 atom stereocenters. The largest absolute Gasteiger partial charge is 0.496 e. The number of amides is 1. The van der Waals surface area contributed by atoms with Crippen molar-refractivity contribution >= 4 is 31.9 Å². The van der Waals surface area contributed by atoms with E-state index in [1.54, 1.807) is 32.2 Å². The number of halogens is 1. The highest BCUT2D eigenvalue weighted by Crippen LogP contribution is 2.28. The standard InChI is InChI=1S/C16H17BrN2O4S/c1-10(11-6-7-15(23-2)14(17)9-11)19-24(21,22)13-5-3-4-12(8-13)16(18)20/h3-10,19H,1-2H3,(H2,18,20). The molecule has 128 valence electrons. The summed E-state index contributed by atoms with van der Waals surface area (Å²) in [6.45, 7) is 1.73. The van der Waals surface area contributed by atoms with E-state index in [0.29, 0.717) is 5.75 Å². The van der Waals surface area contributed by atoms with Crippen LogP contribution in [0.1, 0.15) is 28.9 Å². The zero-order valence-electron chi connectivity index (χ0n) is 13.1. The first-order valence-corrected chi connectivity index (χ1v) is 9.28. The van der Waals surface area contributed by atoms with Crippen LogP contribution in [0.5, 0.6) is 5.75 Å². The molecule has 0 saturated carbocycles. The summed E-state index contributed by atoms with van der Waals surface area (Å²) in [5, 5.41) is 0. The lowest BCUT2D eigenvalue weighted by Crippen LogP contribution is -2.27. The molecule has 0 aliphatic rings. The summed E-state index contributed by atoms with van der Waals surface area (Å²) in [7, 11) is -2.24. The molecule has 0 fully saturated rings. The van der Waals surface area contributed by atoms with Crippen LogP contribution < -0.4 is 15.2 Å². The summed E-state index contributed by atoms with van der Waals surface area (Å²) in [6, 6.07) is 10.4. The van der Waals surface area contributed by atoms with Crippen LogP contribution >= 0.6 is 15.9 Å². The van der Waals surface area contributed by atoms with Gasteiger partial charge in [-0.2, -0.15) is 0 Å². The zero-order chi connectivity index (χ0) is 17.9. The maximum absolute atomic E-state index is 12.5. The van der Waals surface area contributed by atoms with Crippen molar-refractivity contribution in [3.05, 3.63) is 58.1 Å². The SMILES string of the molecule is COc1ccc(C(C)NS(=O)(=O)c2cccc(C(N)=O)c2)cc1Br. The van der Waals surface area contributed by atoms with Crippen LogP contribution in [0.15, 0.2) is 51.8 Å². The van der Waals surface area contributed by atoms with E-state index in [9.17, 15) is 13.2 Å². The van der Waals surface area contributed by atoms with E-state index >= 15 is 0 Å². The Balaban J connectivity index is 2.27. The maximum atomic E-state index is 12.5. The molecule has 0 aliphatic carbocycles. The minimum Gasteiger partial charge on any atom is -0.496 e. The molecule has 0 spiro atoms. The Bertz CT molecular complexity index is 868. The van der Waals surface area contributed by atoms with Gasteiger partial charge in [0.2, 0.25) is 15.9 Å². The highest BCUT2D eigenvalue weighted by molar-refractivity contribution is 9.10. The van der Waals surface area contributed by atoms with Crippen molar-refractivity contribution in [2.45, 2.75) is 17.9 Å². The lowest BCUT2D eigenvalue weighted by atomic mass is 10.1. The molecular weight excluding hydrogens is 396 g/mol. The van der Waals surface area contributed by atoms with Gasteiger partial charge >= 0.3 is 0 Å². The monoisotopic (exact) mass is 412 g/mol. The predicted molar refractivity (Wildman–Crippen MR) is 94.4 cm³/mol. The average molecular weight is 413 g/mol. The third-order valence-corrected chi connectivity index (χ3v) is 5.59. The van der Waals surface area contributed by atoms with Crippen LogP contribution in [0.3, 0.4) is 0 Å². The van der Waals surface area contributed by atoms with Gasteiger partial charge in [-0.3, -0.25) is 4.79 Å². The average Bonchev–Trinajstić information content (AvgIpc) is 2.54. The zero-order valence-corrected chi connectivity index (χ0v) is 15.5. The van der Waals surface area contributed by atoms with E-state index in [0.717, 1.165) is 10.0 Å². The Labute approximate surface area is 149 Å². The molecule has 0 heterocycles. The van der Waals surface area contributed by atoms with Gasteiger partial charge in [-0.25, -0.2) is 13.1 Å². The van der Waals surface area contributed by atoms with Crippen LogP contribution in [0.4, 0.5) is 0 Å². The predicted octanol–water partition coefficient (Wildman–Crippen LogP) is 2.60. The normalized spacial score (nSPS) is 12.6. The molecule has 24 heavy (non-hydrogen) atoms.